The molecule has 4 rings (SSSR count). The summed E-state index contributed by atoms with van der Waals surface area (Å²) in [7, 11) is 0. The van der Waals surface area contributed by atoms with Gasteiger partial charge in [-0.3, -0.25) is 0 Å². The molecule has 1 N–H and O–H groups in total. The number of aromatic nitrogens is 2. The van der Waals surface area contributed by atoms with Gasteiger partial charge in [-0.1, -0.05) is 41.4 Å². The number of hydrogen-bond donors (Lipinski definition) is 1. The molecular weight excluding hydrogens is 355 g/mol. The maximum absolute atomic E-state index is 6.02. The van der Waals surface area contributed by atoms with Crippen LogP contribution in [0.15, 0.2) is 66.7 Å². The number of hydrogen-bond acceptors (Lipinski definition) is 2. The zero-order valence-electron chi connectivity index (χ0n) is 13.2. The molecule has 0 bridgehead atoms. The second kappa shape index (κ2) is 6.79. The first-order chi connectivity index (χ1) is 12.2. The molecule has 0 saturated heterocycles. The van der Waals surface area contributed by atoms with Crippen molar-refractivity contribution in [1.29, 1.82) is 0 Å². The van der Waals surface area contributed by atoms with Crippen molar-refractivity contribution in [3.8, 4) is 17.1 Å². The van der Waals surface area contributed by atoms with Gasteiger partial charge in [0.05, 0.1) is 21.1 Å². The number of fused-ring (bicyclic) bond motifs is 1. The highest BCUT2D eigenvalue weighted by atomic mass is 35.5. The van der Waals surface area contributed by atoms with E-state index in [0.717, 1.165) is 33.7 Å². The Morgan fingerprint density at radius 3 is 2.44 bits per heavy atom. The molecule has 4 aromatic rings. The second-order valence-electron chi connectivity index (χ2n) is 5.66. The zero-order valence-corrected chi connectivity index (χ0v) is 14.7. The predicted molar refractivity (Wildman–Crippen MR) is 102 cm³/mol. The smallest absolute Gasteiger partial charge is 0.138 e. The number of nitrogens with zero attached hydrogens (tertiary/aromatic N) is 1. The van der Waals surface area contributed by atoms with Crippen molar-refractivity contribution >= 4 is 34.2 Å². The van der Waals surface area contributed by atoms with Gasteiger partial charge in [-0.25, -0.2) is 4.98 Å². The first-order valence-corrected chi connectivity index (χ1v) is 8.56. The van der Waals surface area contributed by atoms with Crippen LogP contribution in [-0.4, -0.2) is 9.97 Å². The normalized spacial score (nSPS) is 11.0. The van der Waals surface area contributed by atoms with Crippen LogP contribution in [0, 0.1) is 0 Å². The minimum atomic E-state index is 0.431. The Bertz CT molecular complexity index is 992. The van der Waals surface area contributed by atoms with Crippen LogP contribution in [0.2, 0.25) is 10.0 Å². The van der Waals surface area contributed by atoms with Crippen molar-refractivity contribution < 1.29 is 4.74 Å². The number of imidazole rings is 1. The van der Waals surface area contributed by atoms with Gasteiger partial charge in [-0.2, -0.15) is 0 Å². The van der Waals surface area contributed by atoms with Crippen LogP contribution in [0.3, 0.4) is 0 Å². The molecule has 0 spiro atoms. The average molecular weight is 369 g/mol. The largest absolute Gasteiger partial charge is 0.489 e. The van der Waals surface area contributed by atoms with E-state index in [2.05, 4.69) is 9.97 Å². The van der Waals surface area contributed by atoms with Gasteiger partial charge in [-0.15, -0.1) is 0 Å². The molecule has 0 saturated carbocycles. The third-order valence-corrected chi connectivity index (χ3v) is 4.65. The molecule has 0 amide bonds. The molecule has 1 heterocycles. The summed E-state index contributed by atoms with van der Waals surface area (Å²) < 4.78 is 5.80. The highest BCUT2D eigenvalue weighted by Gasteiger charge is 2.05. The number of nitrogens with one attached hydrogen (secondary N) is 1. The Morgan fingerprint density at radius 1 is 0.880 bits per heavy atom. The van der Waals surface area contributed by atoms with Crippen LogP contribution in [0.1, 0.15) is 5.56 Å². The molecule has 5 heteroatoms. The van der Waals surface area contributed by atoms with E-state index in [0.29, 0.717) is 16.7 Å². The van der Waals surface area contributed by atoms with E-state index >= 15 is 0 Å². The van der Waals surface area contributed by atoms with Crippen molar-refractivity contribution in [3.05, 3.63) is 82.3 Å². The predicted octanol–water partition coefficient (Wildman–Crippen LogP) is 6.12. The minimum Gasteiger partial charge on any atom is -0.489 e. The topological polar surface area (TPSA) is 37.9 Å². The minimum absolute atomic E-state index is 0.431. The number of H-pyrrole nitrogens is 1. The van der Waals surface area contributed by atoms with Gasteiger partial charge >= 0.3 is 0 Å². The Morgan fingerprint density at radius 2 is 1.68 bits per heavy atom. The number of halogens is 2. The van der Waals surface area contributed by atoms with E-state index in [1.54, 1.807) is 6.07 Å². The number of rotatable bonds is 4. The van der Waals surface area contributed by atoms with Gasteiger partial charge in [0, 0.05) is 5.56 Å². The molecule has 25 heavy (non-hydrogen) atoms. The maximum Gasteiger partial charge on any atom is 0.138 e. The highest BCUT2D eigenvalue weighted by molar-refractivity contribution is 6.42. The molecule has 0 aliphatic carbocycles. The Hall–Kier alpha value is -2.49. The van der Waals surface area contributed by atoms with Crippen molar-refractivity contribution in [1.82, 2.24) is 9.97 Å². The average Bonchev–Trinajstić information content (AvgIpc) is 3.07. The molecule has 3 nitrogen and oxygen atoms in total. The van der Waals surface area contributed by atoms with Crippen LogP contribution in [0.4, 0.5) is 0 Å². The standard InChI is InChI=1S/C20H14Cl2N2O/c21-16-10-5-13(11-17(16)22)12-25-15-8-6-14(7-9-15)20-23-18-3-1-2-4-19(18)24-20/h1-11H,12H2,(H,23,24). The lowest BCUT2D eigenvalue weighted by atomic mass is 10.2. The first kappa shape index (κ1) is 16.0. The molecule has 0 unspecified atom stereocenters. The van der Waals surface area contributed by atoms with Gasteiger partial charge in [-0.05, 0) is 54.1 Å². The summed E-state index contributed by atoms with van der Waals surface area (Å²) in [5.41, 5.74) is 3.96. The van der Waals surface area contributed by atoms with Crippen molar-refractivity contribution in [3.63, 3.8) is 0 Å². The van der Waals surface area contributed by atoms with E-state index in [-0.39, 0.29) is 0 Å². The number of aromatic amines is 1. The lowest BCUT2D eigenvalue weighted by Crippen LogP contribution is -1.95. The Balaban J connectivity index is 1.48. The lowest BCUT2D eigenvalue weighted by Gasteiger charge is -2.07. The fourth-order valence-corrected chi connectivity index (χ4v) is 2.92. The van der Waals surface area contributed by atoms with E-state index in [4.69, 9.17) is 27.9 Å². The van der Waals surface area contributed by atoms with Crippen molar-refractivity contribution in [2.45, 2.75) is 6.61 Å². The summed E-state index contributed by atoms with van der Waals surface area (Å²) in [5.74, 6) is 1.63. The van der Waals surface area contributed by atoms with Crippen molar-refractivity contribution in [2.75, 3.05) is 0 Å². The molecule has 0 radical (unpaired) electrons. The van der Waals surface area contributed by atoms with Crippen LogP contribution >= 0.6 is 23.2 Å². The molecule has 0 aliphatic rings. The quantitative estimate of drug-likeness (QED) is 0.471. The van der Waals surface area contributed by atoms with Gasteiger partial charge in [0.25, 0.3) is 0 Å². The first-order valence-electron chi connectivity index (χ1n) is 7.81. The van der Waals surface area contributed by atoms with E-state index in [9.17, 15) is 0 Å². The van der Waals surface area contributed by atoms with Gasteiger partial charge < -0.3 is 9.72 Å². The highest BCUT2D eigenvalue weighted by Crippen LogP contribution is 2.25. The number of ether oxygens (including phenoxy) is 1. The Kier molecular flexibility index (Phi) is 4.35. The van der Waals surface area contributed by atoms with E-state index in [1.807, 2.05) is 60.7 Å². The van der Waals surface area contributed by atoms with Crippen molar-refractivity contribution in [2.24, 2.45) is 0 Å². The van der Waals surface area contributed by atoms with Crippen LogP contribution in [-0.2, 0) is 6.61 Å². The zero-order chi connectivity index (χ0) is 17.2. The maximum atomic E-state index is 6.02. The summed E-state index contributed by atoms with van der Waals surface area (Å²) in [5, 5.41) is 1.07. The van der Waals surface area contributed by atoms with E-state index < -0.39 is 0 Å². The molecule has 3 aromatic carbocycles. The summed E-state index contributed by atoms with van der Waals surface area (Å²) in [6.07, 6.45) is 0. The second-order valence-corrected chi connectivity index (χ2v) is 6.48. The van der Waals surface area contributed by atoms with Crippen LogP contribution in [0.5, 0.6) is 5.75 Å². The fourth-order valence-electron chi connectivity index (χ4n) is 2.59. The summed E-state index contributed by atoms with van der Waals surface area (Å²) in [4.78, 5) is 7.92. The molecule has 1 aromatic heterocycles. The van der Waals surface area contributed by atoms with Gasteiger partial charge in [0.1, 0.15) is 18.2 Å². The molecule has 0 atom stereocenters. The SMILES string of the molecule is Clc1ccc(COc2ccc(-c3nc4ccccc4[nH]3)cc2)cc1Cl. The number of para-hydroxylation sites is 2. The van der Waals surface area contributed by atoms with Gasteiger partial charge in [0.15, 0.2) is 0 Å². The lowest BCUT2D eigenvalue weighted by molar-refractivity contribution is 0.306. The third-order valence-electron chi connectivity index (χ3n) is 3.91. The Labute approximate surface area is 155 Å². The third kappa shape index (κ3) is 3.48. The summed E-state index contributed by atoms with van der Waals surface area (Å²) >= 11 is 11.9. The molecule has 0 aliphatic heterocycles. The molecular formula is C20H14Cl2N2O. The molecule has 124 valence electrons. The summed E-state index contributed by atoms with van der Waals surface area (Å²) in [6.45, 7) is 0.431. The van der Waals surface area contributed by atoms with Crippen LogP contribution < -0.4 is 4.74 Å². The van der Waals surface area contributed by atoms with Crippen LogP contribution in [0.25, 0.3) is 22.4 Å². The summed E-state index contributed by atoms with van der Waals surface area (Å²) in [6, 6.07) is 21.3. The number of benzene rings is 3. The van der Waals surface area contributed by atoms with E-state index in [1.165, 1.54) is 0 Å². The monoisotopic (exact) mass is 368 g/mol. The molecule has 0 fully saturated rings. The van der Waals surface area contributed by atoms with Gasteiger partial charge in [0.2, 0.25) is 0 Å². The fraction of sp³-hybridized carbons (Fsp3) is 0.0500.